The first-order valence-corrected chi connectivity index (χ1v) is 6.07. The fraction of sp³-hybridized carbons (Fsp3) is 0.286. The van der Waals surface area contributed by atoms with Crippen LogP contribution >= 0.6 is 11.3 Å². The quantitative estimate of drug-likeness (QED) is 0.801. The van der Waals surface area contributed by atoms with Crippen LogP contribution in [-0.4, -0.2) is 31.2 Å². The number of aromatic carboxylic acids is 1. The van der Waals surface area contributed by atoms with Gasteiger partial charge in [0.05, 0.1) is 5.56 Å². The summed E-state index contributed by atoms with van der Waals surface area (Å²) in [6.45, 7) is 1.67. The molecule has 0 spiro atoms. The third-order valence-corrected chi connectivity index (χ3v) is 4.29. The van der Waals surface area contributed by atoms with E-state index in [1.165, 1.54) is 6.07 Å². The molecule has 0 radical (unpaired) electrons. The van der Waals surface area contributed by atoms with Crippen molar-refractivity contribution < 1.29 is 23.8 Å². The fourth-order valence-electron chi connectivity index (χ4n) is 0.917. The predicted octanol–water partition coefficient (Wildman–Crippen LogP) is 0.334. The molecular weight excluding hydrogens is 228 g/mol. The maximum atomic E-state index is 11.1. The lowest BCUT2D eigenvalue weighted by Crippen LogP contribution is -2.03. The standard InChI is InChI=1S/C7H8O4S2.H2O/c1-4-3-5(6(8)9)7(12-4)13(2,10)11;/h3H,1-2H3,(H,8,9);1H2. The van der Waals surface area contributed by atoms with Crippen LogP contribution in [0, 0.1) is 6.92 Å². The Labute approximate surface area is 85.2 Å². The molecule has 0 aliphatic heterocycles. The van der Waals surface area contributed by atoms with Crippen molar-refractivity contribution >= 4 is 27.1 Å². The van der Waals surface area contributed by atoms with Gasteiger partial charge in [-0.15, -0.1) is 11.3 Å². The Morgan fingerprint density at radius 2 is 2.00 bits per heavy atom. The van der Waals surface area contributed by atoms with Gasteiger partial charge in [-0.1, -0.05) is 0 Å². The molecular formula is C7H10O5S2. The van der Waals surface area contributed by atoms with Crippen LogP contribution in [0.1, 0.15) is 15.2 Å². The number of thiophene rings is 1. The number of carboxylic acids is 1. The number of hydrogen-bond acceptors (Lipinski definition) is 4. The molecule has 14 heavy (non-hydrogen) atoms. The van der Waals surface area contributed by atoms with Crippen molar-refractivity contribution in [1.29, 1.82) is 0 Å². The number of rotatable bonds is 2. The smallest absolute Gasteiger partial charge is 0.337 e. The van der Waals surface area contributed by atoms with Gasteiger partial charge in [0.1, 0.15) is 4.21 Å². The number of sulfone groups is 1. The Morgan fingerprint density at radius 1 is 1.50 bits per heavy atom. The van der Waals surface area contributed by atoms with Crippen molar-refractivity contribution in [3.63, 3.8) is 0 Å². The highest BCUT2D eigenvalue weighted by molar-refractivity contribution is 7.92. The van der Waals surface area contributed by atoms with Crippen LogP contribution in [0.25, 0.3) is 0 Å². The lowest BCUT2D eigenvalue weighted by molar-refractivity contribution is 0.0693. The zero-order chi connectivity index (χ0) is 10.2. The molecule has 3 N–H and O–H groups in total. The van der Waals surface area contributed by atoms with Crippen LogP contribution in [0.15, 0.2) is 10.3 Å². The molecule has 0 unspecified atom stereocenters. The van der Waals surface area contributed by atoms with Gasteiger partial charge in [-0.25, -0.2) is 13.2 Å². The van der Waals surface area contributed by atoms with Crippen molar-refractivity contribution in [2.45, 2.75) is 11.1 Å². The Bertz CT molecular complexity index is 443. The molecule has 1 rings (SSSR count). The summed E-state index contributed by atoms with van der Waals surface area (Å²) in [5, 5.41) is 8.68. The van der Waals surface area contributed by atoms with Crippen LogP contribution in [0.5, 0.6) is 0 Å². The molecule has 1 aromatic rings. The highest BCUT2D eigenvalue weighted by Gasteiger charge is 2.21. The lowest BCUT2D eigenvalue weighted by Gasteiger charge is -1.94. The molecule has 0 amide bonds. The largest absolute Gasteiger partial charge is 0.478 e. The third kappa shape index (κ3) is 2.53. The summed E-state index contributed by atoms with van der Waals surface area (Å²) in [7, 11) is -3.42. The molecule has 0 saturated heterocycles. The van der Waals surface area contributed by atoms with E-state index in [1.807, 2.05) is 0 Å². The molecule has 0 atom stereocenters. The maximum Gasteiger partial charge on any atom is 0.337 e. The second kappa shape index (κ2) is 4.07. The van der Waals surface area contributed by atoms with Crippen molar-refractivity contribution in [3.05, 3.63) is 16.5 Å². The van der Waals surface area contributed by atoms with Crippen LogP contribution in [0.4, 0.5) is 0 Å². The van der Waals surface area contributed by atoms with Gasteiger partial charge in [0.25, 0.3) is 0 Å². The highest BCUT2D eigenvalue weighted by atomic mass is 32.2. The Kier molecular flexibility index (Phi) is 3.81. The first-order chi connectivity index (χ1) is 5.82. The molecule has 5 nitrogen and oxygen atoms in total. The summed E-state index contributed by atoms with van der Waals surface area (Å²) >= 11 is 0.981. The minimum atomic E-state index is -3.42. The lowest BCUT2D eigenvalue weighted by atomic mass is 10.3. The summed E-state index contributed by atoms with van der Waals surface area (Å²) < 4.78 is 22.2. The average Bonchev–Trinajstić information content (AvgIpc) is 2.29. The van der Waals surface area contributed by atoms with E-state index in [0.717, 1.165) is 17.6 Å². The summed E-state index contributed by atoms with van der Waals surface area (Å²) in [5.74, 6) is -1.20. The molecule has 0 saturated carbocycles. The molecule has 1 heterocycles. The van der Waals surface area contributed by atoms with E-state index in [9.17, 15) is 13.2 Å². The van der Waals surface area contributed by atoms with Gasteiger partial charge in [0.15, 0.2) is 9.84 Å². The van der Waals surface area contributed by atoms with E-state index >= 15 is 0 Å². The molecule has 0 aromatic carbocycles. The van der Waals surface area contributed by atoms with E-state index in [1.54, 1.807) is 6.92 Å². The summed E-state index contributed by atoms with van der Waals surface area (Å²) in [5.41, 5.74) is -0.134. The molecule has 0 bridgehead atoms. The van der Waals surface area contributed by atoms with Gasteiger partial charge >= 0.3 is 5.97 Å². The van der Waals surface area contributed by atoms with Gasteiger partial charge < -0.3 is 10.6 Å². The van der Waals surface area contributed by atoms with Crippen LogP contribution in [0.3, 0.4) is 0 Å². The monoisotopic (exact) mass is 238 g/mol. The topological polar surface area (TPSA) is 103 Å². The van der Waals surface area contributed by atoms with E-state index in [4.69, 9.17) is 5.11 Å². The van der Waals surface area contributed by atoms with E-state index in [-0.39, 0.29) is 15.2 Å². The van der Waals surface area contributed by atoms with Crippen LogP contribution in [0.2, 0.25) is 0 Å². The van der Waals surface area contributed by atoms with E-state index < -0.39 is 15.8 Å². The van der Waals surface area contributed by atoms with Gasteiger partial charge in [0, 0.05) is 11.1 Å². The molecule has 0 aliphatic carbocycles. The molecule has 0 fully saturated rings. The van der Waals surface area contributed by atoms with Crippen LogP contribution < -0.4 is 0 Å². The molecule has 1 aromatic heterocycles. The van der Waals surface area contributed by atoms with Crippen LogP contribution in [-0.2, 0) is 9.84 Å². The summed E-state index contributed by atoms with van der Waals surface area (Å²) in [6.07, 6.45) is 1.00. The zero-order valence-electron chi connectivity index (χ0n) is 7.57. The maximum absolute atomic E-state index is 11.1. The Hall–Kier alpha value is -0.920. The number of hydrogen-bond donors (Lipinski definition) is 1. The van der Waals surface area contributed by atoms with Gasteiger partial charge in [0.2, 0.25) is 0 Å². The van der Waals surface area contributed by atoms with Gasteiger partial charge in [-0.3, -0.25) is 0 Å². The predicted molar refractivity (Wildman–Crippen MR) is 52.7 cm³/mol. The Morgan fingerprint density at radius 3 is 2.29 bits per heavy atom. The van der Waals surface area contributed by atoms with Crippen molar-refractivity contribution in [2.75, 3.05) is 6.26 Å². The Balaban J connectivity index is 0.00000169. The van der Waals surface area contributed by atoms with E-state index in [2.05, 4.69) is 0 Å². The zero-order valence-corrected chi connectivity index (χ0v) is 9.20. The first-order valence-electron chi connectivity index (χ1n) is 3.36. The van der Waals surface area contributed by atoms with Crippen molar-refractivity contribution in [3.8, 4) is 0 Å². The molecule has 0 aliphatic rings. The molecule has 7 heteroatoms. The number of aryl methyl sites for hydroxylation is 1. The summed E-state index contributed by atoms with van der Waals surface area (Å²) in [4.78, 5) is 11.3. The SMILES string of the molecule is Cc1cc(C(=O)O)c(S(C)(=O)=O)s1.O. The van der Waals surface area contributed by atoms with Gasteiger partial charge in [-0.05, 0) is 13.0 Å². The minimum Gasteiger partial charge on any atom is -0.478 e. The minimum absolute atomic E-state index is 0. The van der Waals surface area contributed by atoms with Crippen molar-refractivity contribution in [2.24, 2.45) is 0 Å². The van der Waals surface area contributed by atoms with E-state index in [0.29, 0.717) is 4.88 Å². The third-order valence-electron chi connectivity index (χ3n) is 1.39. The molecule has 80 valence electrons. The van der Waals surface area contributed by atoms with Crippen molar-refractivity contribution in [1.82, 2.24) is 0 Å². The second-order valence-electron chi connectivity index (χ2n) is 2.64. The number of carboxylic acid groups (broad SMARTS) is 1. The first kappa shape index (κ1) is 13.1. The normalized spacial score (nSPS) is 10.7. The highest BCUT2D eigenvalue weighted by Crippen LogP contribution is 2.26. The summed E-state index contributed by atoms with van der Waals surface area (Å²) in [6, 6.07) is 1.36. The number of carbonyl (C=O) groups is 1. The average molecular weight is 238 g/mol. The second-order valence-corrected chi connectivity index (χ2v) is 6.10. The fourth-order valence-corrected chi connectivity index (χ4v) is 3.19. The van der Waals surface area contributed by atoms with Gasteiger partial charge in [-0.2, -0.15) is 0 Å².